The number of nitrogens with two attached hydrogens (primary N) is 1. The molecule has 2 aromatic rings. The van der Waals surface area contributed by atoms with Crippen molar-refractivity contribution in [2.24, 2.45) is 0 Å². The largest absolute Gasteiger partial charge is 0.408 e. The molecule has 0 saturated carbocycles. The Kier molecular flexibility index (Phi) is 3.26. The Morgan fingerprint density at radius 1 is 1.50 bits per heavy atom. The van der Waals surface area contributed by atoms with E-state index in [9.17, 15) is 4.79 Å². The first kappa shape index (κ1) is 12.1. The van der Waals surface area contributed by atoms with Crippen LogP contribution < -0.4 is 11.1 Å². The number of amides is 1. The summed E-state index contributed by atoms with van der Waals surface area (Å²) >= 11 is 0. The SMILES string of the molecule is CCCc1[nH]nc(C(=O)Nc2nnc(C)o2)c1N. The zero-order valence-corrected chi connectivity index (χ0v) is 10.1. The number of nitrogen functional groups attached to an aromatic ring is 1. The number of aromatic nitrogens is 4. The van der Waals surface area contributed by atoms with Crippen LogP contribution in [-0.4, -0.2) is 26.3 Å². The third-order valence-corrected chi connectivity index (χ3v) is 2.34. The van der Waals surface area contributed by atoms with Gasteiger partial charge in [-0.3, -0.25) is 15.2 Å². The van der Waals surface area contributed by atoms with Crippen LogP contribution in [0.1, 0.15) is 35.4 Å². The highest BCUT2D eigenvalue weighted by molar-refractivity contribution is 6.05. The van der Waals surface area contributed by atoms with E-state index in [1.807, 2.05) is 6.92 Å². The molecule has 0 aliphatic heterocycles. The second-order valence-electron chi connectivity index (χ2n) is 3.79. The van der Waals surface area contributed by atoms with Gasteiger partial charge in [-0.05, 0) is 6.42 Å². The van der Waals surface area contributed by atoms with E-state index in [0.29, 0.717) is 11.6 Å². The van der Waals surface area contributed by atoms with E-state index in [4.69, 9.17) is 10.2 Å². The van der Waals surface area contributed by atoms with Crippen LogP contribution in [0.25, 0.3) is 0 Å². The van der Waals surface area contributed by atoms with E-state index in [1.54, 1.807) is 6.92 Å². The number of nitrogens with one attached hydrogen (secondary N) is 2. The summed E-state index contributed by atoms with van der Waals surface area (Å²) in [6, 6.07) is 0.0249. The lowest BCUT2D eigenvalue weighted by molar-refractivity contribution is 0.102. The molecule has 0 aliphatic rings. The number of H-pyrrole nitrogens is 1. The van der Waals surface area contributed by atoms with Crippen LogP contribution in [-0.2, 0) is 6.42 Å². The van der Waals surface area contributed by atoms with E-state index in [1.165, 1.54) is 0 Å². The quantitative estimate of drug-likeness (QED) is 0.740. The summed E-state index contributed by atoms with van der Waals surface area (Å²) in [4.78, 5) is 11.9. The zero-order valence-electron chi connectivity index (χ0n) is 10.1. The summed E-state index contributed by atoms with van der Waals surface area (Å²) < 4.78 is 5.04. The maximum atomic E-state index is 11.9. The molecule has 0 aromatic carbocycles. The van der Waals surface area contributed by atoms with Gasteiger partial charge in [-0.15, -0.1) is 5.10 Å². The summed E-state index contributed by atoms with van der Waals surface area (Å²) in [6.07, 6.45) is 1.65. The fourth-order valence-corrected chi connectivity index (χ4v) is 1.50. The minimum atomic E-state index is -0.477. The van der Waals surface area contributed by atoms with Gasteiger partial charge in [-0.1, -0.05) is 18.4 Å². The highest BCUT2D eigenvalue weighted by atomic mass is 16.4. The summed E-state index contributed by atoms with van der Waals surface area (Å²) in [5.74, 6) is -0.110. The molecule has 2 aromatic heterocycles. The fourth-order valence-electron chi connectivity index (χ4n) is 1.50. The highest BCUT2D eigenvalue weighted by Crippen LogP contribution is 2.17. The van der Waals surface area contributed by atoms with Crippen LogP contribution in [0.3, 0.4) is 0 Å². The maximum absolute atomic E-state index is 11.9. The number of aromatic amines is 1. The number of carbonyl (C=O) groups excluding carboxylic acids is 1. The minimum Gasteiger partial charge on any atom is -0.408 e. The van der Waals surface area contributed by atoms with Gasteiger partial charge in [0.2, 0.25) is 5.89 Å². The second-order valence-corrected chi connectivity index (χ2v) is 3.79. The third-order valence-electron chi connectivity index (χ3n) is 2.34. The van der Waals surface area contributed by atoms with Crippen molar-refractivity contribution in [1.82, 2.24) is 20.4 Å². The molecule has 0 unspecified atom stereocenters. The van der Waals surface area contributed by atoms with E-state index < -0.39 is 5.91 Å². The number of nitrogens with zero attached hydrogens (tertiary/aromatic N) is 3. The molecule has 0 aliphatic carbocycles. The number of hydrogen-bond acceptors (Lipinski definition) is 6. The fraction of sp³-hybridized carbons (Fsp3) is 0.400. The average molecular weight is 250 g/mol. The lowest BCUT2D eigenvalue weighted by atomic mass is 10.2. The second kappa shape index (κ2) is 4.86. The monoisotopic (exact) mass is 250 g/mol. The third kappa shape index (κ3) is 2.31. The minimum absolute atomic E-state index is 0.0249. The topological polar surface area (TPSA) is 123 Å². The first-order chi connectivity index (χ1) is 8.61. The van der Waals surface area contributed by atoms with Crippen LogP contribution in [0, 0.1) is 6.92 Å². The Balaban J connectivity index is 2.14. The Morgan fingerprint density at radius 2 is 2.28 bits per heavy atom. The van der Waals surface area contributed by atoms with Gasteiger partial charge in [0.1, 0.15) is 0 Å². The molecule has 1 amide bonds. The molecule has 4 N–H and O–H groups in total. The summed E-state index contributed by atoms with van der Waals surface area (Å²) in [7, 11) is 0. The molecular formula is C10H14N6O2. The Morgan fingerprint density at radius 3 is 2.89 bits per heavy atom. The average Bonchev–Trinajstić information content (AvgIpc) is 2.87. The van der Waals surface area contributed by atoms with Crippen molar-refractivity contribution >= 4 is 17.6 Å². The van der Waals surface area contributed by atoms with E-state index in [-0.39, 0.29) is 11.7 Å². The van der Waals surface area contributed by atoms with E-state index >= 15 is 0 Å². The van der Waals surface area contributed by atoms with Crippen LogP contribution in [0.5, 0.6) is 0 Å². The van der Waals surface area contributed by atoms with Crippen LogP contribution in [0.15, 0.2) is 4.42 Å². The first-order valence-electron chi connectivity index (χ1n) is 5.56. The molecule has 0 bridgehead atoms. The van der Waals surface area contributed by atoms with E-state index in [0.717, 1.165) is 18.5 Å². The predicted molar refractivity (Wildman–Crippen MR) is 64.0 cm³/mol. The summed E-state index contributed by atoms with van der Waals surface area (Å²) in [6.45, 7) is 3.64. The predicted octanol–water partition coefficient (Wildman–Crippen LogP) is 0.888. The summed E-state index contributed by atoms with van der Waals surface area (Å²) in [5.41, 5.74) is 7.07. The molecule has 0 spiro atoms. The molecule has 0 fully saturated rings. The van der Waals surface area contributed by atoms with Crippen molar-refractivity contribution in [2.45, 2.75) is 26.7 Å². The van der Waals surface area contributed by atoms with Gasteiger partial charge in [0.15, 0.2) is 5.69 Å². The molecule has 0 atom stereocenters. The number of anilines is 2. The Bertz CT molecular complexity index is 558. The van der Waals surface area contributed by atoms with Gasteiger partial charge in [0.25, 0.3) is 5.91 Å². The molecule has 8 nitrogen and oxygen atoms in total. The van der Waals surface area contributed by atoms with Gasteiger partial charge < -0.3 is 10.2 Å². The Labute approximate surface area is 103 Å². The van der Waals surface area contributed by atoms with Crippen molar-refractivity contribution in [3.8, 4) is 0 Å². The first-order valence-corrected chi connectivity index (χ1v) is 5.56. The zero-order chi connectivity index (χ0) is 13.1. The molecule has 2 heterocycles. The van der Waals surface area contributed by atoms with Crippen molar-refractivity contribution in [3.63, 3.8) is 0 Å². The van der Waals surface area contributed by atoms with Crippen LogP contribution in [0.2, 0.25) is 0 Å². The molecule has 8 heteroatoms. The van der Waals surface area contributed by atoms with Crippen LogP contribution in [0.4, 0.5) is 11.7 Å². The molecular weight excluding hydrogens is 236 g/mol. The van der Waals surface area contributed by atoms with Gasteiger partial charge in [-0.25, -0.2) is 0 Å². The standard InChI is InChI=1S/C10H14N6O2/c1-3-4-6-7(11)8(15-14-6)9(17)12-10-16-13-5(2)18-10/h3-4,11H2,1-2H3,(H,14,15)(H,12,16,17). The highest BCUT2D eigenvalue weighted by Gasteiger charge is 2.18. The van der Waals surface area contributed by atoms with E-state index in [2.05, 4.69) is 25.7 Å². The van der Waals surface area contributed by atoms with Crippen molar-refractivity contribution in [3.05, 3.63) is 17.3 Å². The lowest BCUT2D eigenvalue weighted by Crippen LogP contribution is -2.14. The number of aryl methyl sites for hydroxylation is 2. The molecule has 96 valence electrons. The number of rotatable bonds is 4. The van der Waals surface area contributed by atoms with Crippen molar-refractivity contribution in [2.75, 3.05) is 11.1 Å². The molecule has 0 radical (unpaired) electrons. The lowest BCUT2D eigenvalue weighted by Gasteiger charge is -1.98. The summed E-state index contributed by atoms with van der Waals surface area (Å²) in [5, 5.41) is 16.3. The van der Waals surface area contributed by atoms with Gasteiger partial charge in [-0.2, -0.15) is 5.10 Å². The van der Waals surface area contributed by atoms with Crippen LogP contribution >= 0.6 is 0 Å². The van der Waals surface area contributed by atoms with Crippen molar-refractivity contribution < 1.29 is 9.21 Å². The van der Waals surface area contributed by atoms with Gasteiger partial charge >= 0.3 is 6.01 Å². The molecule has 18 heavy (non-hydrogen) atoms. The van der Waals surface area contributed by atoms with Crippen molar-refractivity contribution in [1.29, 1.82) is 0 Å². The van der Waals surface area contributed by atoms with Gasteiger partial charge in [0.05, 0.1) is 11.4 Å². The maximum Gasteiger partial charge on any atom is 0.322 e. The smallest absolute Gasteiger partial charge is 0.322 e. The number of hydrogen-bond donors (Lipinski definition) is 3. The Hall–Kier alpha value is -2.38. The molecule has 2 rings (SSSR count). The number of carbonyl (C=O) groups is 1. The molecule has 0 saturated heterocycles. The normalized spacial score (nSPS) is 10.6. The van der Waals surface area contributed by atoms with Gasteiger partial charge in [0, 0.05) is 6.92 Å².